The highest BCUT2D eigenvalue weighted by Crippen LogP contribution is 2.28. The highest BCUT2D eigenvalue weighted by Gasteiger charge is 2.43. The van der Waals surface area contributed by atoms with E-state index in [1.807, 2.05) is 19.0 Å². The maximum absolute atomic E-state index is 11.6. The van der Waals surface area contributed by atoms with E-state index in [1.54, 1.807) is 0 Å². The monoisotopic (exact) mass is 258 g/mol. The summed E-state index contributed by atoms with van der Waals surface area (Å²) in [6, 6.07) is 0. The number of hydrogen-bond acceptors (Lipinski definition) is 4. The first-order valence-electron chi connectivity index (χ1n) is 6.62. The molecular formula is C13H26N2O3. The van der Waals surface area contributed by atoms with Crippen LogP contribution in [-0.4, -0.2) is 61.4 Å². The Kier molecular flexibility index (Phi) is 5.56. The minimum Gasteiger partial charge on any atom is -0.480 e. The summed E-state index contributed by atoms with van der Waals surface area (Å²) in [5.74, 6) is -0.408. The molecule has 5 heteroatoms. The first-order valence-corrected chi connectivity index (χ1v) is 6.62. The summed E-state index contributed by atoms with van der Waals surface area (Å²) >= 11 is 0. The molecule has 0 saturated carbocycles. The van der Waals surface area contributed by atoms with E-state index < -0.39 is 11.5 Å². The summed E-state index contributed by atoms with van der Waals surface area (Å²) in [5.41, 5.74) is -0.816. The molecule has 1 aliphatic rings. The molecule has 2 unspecified atom stereocenters. The SMILES string of the molecule is CC(C)C1CC(NCCN(C)C)(C(=O)O)CCO1. The molecule has 0 aromatic heterocycles. The van der Waals surface area contributed by atoms with Gasteiger partial charge in [0, 0.05) is 26.1 Å². The van der Waals surface area contributed by atoms with E-state index in [-0.39, 0.29) is 6.10 Å². The predicted molar refractivity (Wildman–Crippen MR) is 70.7 cm³/mol. The Balaban J connectivity index is 2.64. The quantitative estimate of drug-likeness (QED) is 0.738. The van der Waals surface area contributed by atoms with Crippen molar-refractivity contribution in [2.24, 2.45) is 5.92 Å². The molecule has 1 heterocycles. The van der Waals surface area contributed by atoms with Crippen molar-refractivity contribution >= 4 is 5.97 Å². The molecule has 106 valence electrons. The van der Waals surface area contributed by atoms with Gasteiger partial charge < -0.3 is 20.1 Å². The topological polar surface area (TPSA) is 61.8 Å². The fourth-order valence-corrected chi connectivity index (χ4v) is 2.27. The lowest BCUT2D eigenvalue weighted by Gasteiger charge is -2.40. The average Bonchev–Trinajstić information content (AvgIpc) is 2.28. The third-order valence-electron chi connectivity index (χ3n) is 3.59. The molecular weight excluding hydrogens is 232 g/mol. The number of carbonyl (C=O) groups is 1. The van der Waals surface area contributed by atoms with Gasteiger partial charge in [0.15, 0.2) is 0 Å². The van der Waals surface area contributed by atoms with Gasteiger partial charge in [-0.1, -0.05) is 13.8 Å². The predicted octanol–water partition coefficient (Wildman–Crippen LogP) is 0.796. The third kappa shape index (κ3) is 3.93. The lowest BCUT2D eigenvalue weighted by molar-refractivity contribution is -0.153. The second-order valence-corrected chi connectivity index (χ2v) is 5.72. The Bertz CT molecular complexity index is 281. The maximum Gasteiger partial charge on any atom is 0.324 e. The summed E-state index contributed by atoms with van der Waals surface area (Å²) in [5, 5.41) is 12.8. The second-order valence-electron chi connectivity index (χ2n) is 5.72. The van der Waals surface area contributed by atoms with Gasteiger partial charge in [0.2, 0.25) is 0 Å². The molecule has 0 spiro atoms. The zero-order valence-electron chi connectivity index (χ0n) is 11.9. The van der Waals surface area contributed by atoms with Gasteiger partial charge in [-0.05, 0) is 26.4 Å². The summed E-state index contributed by atoms with van der Waals surface area (Å²) in [7, 11) is 3.96. The molecule has 1 aliphatic heterocycles. The van der Waals surface area contributed by atoms with Crippen LogP contribution < -0.4 is 5.32 Å². The van der Waals surface area contributed by atoms with Crippen molar-refractivity contribution in [3.8, 4) is 0 Å². The molecule has 1 rings (SSSR count). The maximum atomic E-state index is 11.6. The Hall–Kier alpha value is -0.650. The van der Waals surface area contributed by atoms with Crippen LogP contribution in [0.1, 0.15) is 26.7 Å². The molecule has 0 aromatic carbocycles. The average molecular weight is 258 g/mol. The Labute approximate surface area is 109 Å². The molecule has 0 aliphatic carbocycles. The van der Waals surface area contributed by atoms with Crippen LogP contribution >= 0.6 is 0 Å². The van der Waals surface area contributed by atoms with Crippen LogP contribution in [0.3, 0.4) is 0 Å². The molecule has 0 aromatic rings. The van der Waals surface area contributed by atoms with Crippen LogP contribution in [0, 0.1) is 5.92 Å². The van der Waals surface area contributed by atoms with Gasteiger partial charge in [-0.2, -0.15) is 0 Å². The Morgan fingerprint density at radius 1 is 1.56 bits per heavy atom. The van der Waals surface area contributed by atoms with E-state index in [1.165, 1.54) is 0 Å². The van der Waals surface area contributed by atoms with Crippen molar-refractivity contribution < 1.29 is 14.6 Å². The number of nitrogens with one attached hydrogen (secondary N) is 1. The van der Waals surface area contributed by atoms with Crippen LogP contribution in [0.15, 0.2) is 0 Å². The molecule has 2 atom stereocenters. The third-order valence-corrected chi connectivity index (χ3v) is 3.59. The minimum atomic E-state index is -0.816. The van der Waals surface area contributed by atoms with Crippen LogP contribution in [-0.2, 0) is 9.53 Å². The fraction of sp³-hybridized carbons (Fsp3) is 0.923. The number of likely N-dealkylation sites (N-methyl/N-ethyl adjacent to an activating group) is 1. The zero-order chi connectivity index (χ0) is 13.8. The molecule has 5 nitrogen and oxygen atoms in total. The van der Waals surface area contributed by atoms with E-state index in [0.29, 0.717) is 31.9 Å². The van der Waals surface area contributed by atoms with Gasteiger partial charge in [-0.25, -0.2) is 0 Å². The van der Waals surface area contributed by atoms with Gasteiger partial charge in [0.05, 0.1) is 6.10 Å². The van der Waals surface area contributed by atoms with Crippen LogP contribution in [0.25, 0.3) is 0 Å². The minimum absolute atomic E-state index is 0.0294. The summed E-state index contributed by atoms with van der Waals surface area (Å²) in [6.07, 6.45) is 1.12. The van der Waals surface area contributed by atoms with E-state index in [2.05, 4.69) is 19.2 Å². The van der Waals surface area contributed by atoms with Crippen molar-refractivity contribution in [2.45, 2.75) is 38.3 Å². The lowest BCUT2D eigenvalue weighted by Crippen LogP contribution is -2.59. The van der Waals surface area contributed by atoms with E-state index >= 15 is 0 Å². The van der Waals surface area contributed by atoms with Gasteiger partial charge >= 0.3 is 5.97 Å². The van der Waals surface area contributed by atoms with Crippen molar-refractivity contribution in [1.29, 1.82) is 0 Å². The smallest absolute Gasteiger partial charge is 0.324 e. The van der Waals surface area contributed by atoms with E-state index in [9.17, 15) is 9.90 Å². The molecule has 1 saturated heterocycles. The lowest BCUT2D eigenvalue weighted by atomic mass is 9.83. The number of carboxylic acids is 1. The molecule has 0 amide bonds. The number of hydrogen-bond donors (Lipinski definition) is 2. The van der Waals surface area contributed by atoms with Gasteiger partial charge in [0.1, 0.15) is 5.54 Å². The largest absolute Gasteiger partial charge is 0.480 e. The van der Waals surface area contributed by atoms with Gasteiger partial charge in [-0.3, -0.25) is 4.79 Å². The standard InChI is InChI=1S/C13H26N2O3/c1-10(2)11-9-13(12(16)17,5-8-18-11)14-6-7-15(3)4/h10-11,14H,5-9H2,1-4H3,(H,16,17). The second kappa shape index (κ2) is 6.50. The number of rotatable bonds is 6. The first-order chi connectivity index (χ1) is 8.37. The molecule has 1 fully saturated rings. The number of ether oxygens (including phenoxy) is 1. The normalized spacial score (nSPS) is 28.9. The number of aliphatic carboxylic acids is 1. The van der Waals surface area contributed by atoms with Crippen molar-refractivity contribution in [3.63, 3.8) is 0 Å². The summed E-state index contributed by atoms with van der Waals surface area (Å²) in [4.78, 5) is 13.6. The van der Waals surface area contributed by atoms with Crippen LogP contribution in [0.4, 0.5) is 0 Å². The number of nitrogens with zero attached hydrogens (tertiary/aromatic N) is 1. The fourth-order valence-electron chi connectivity index (χ4n) is 2.27. The zero-order valence-corrected chi connectivity index (χ0v) is 11.9. The van der Waals surface area contributed by atoms with Crippen molar-refractivity contribution in [2.75, 3.05) is 33.8 Å². The van der Waals surface area contributed by atoms with Crippen molar-refractivity contribution in [3.05, 3.63) is 0 Å². The highest BCUT2D eigenvalue weighted by molar-refractivity contribution is 5.79. The molecule has 18 heavy (non-hydrogen) atoms. The first kappa shape index (κ1) is 15.4. The van der Waals surface area contributed by atoms with Gasteiger partial charge in [0.25, 0.3) is 0 Å². The van der Waals surface area contributed by atoms with E-state index in [4.69, 9.17) is 4.74 Å². The summed E-state index contributed by atoms with van der Waals surface area (Å²) in [6.45, 7) is 6.18. The number of carboxylic acid groups (broad SMARTS) is 1. The van der Waals surface area contributed by atoms with Crippen LogP contribution in [0.2, 0.25) is 0 Å². The highest BCUT2D eigenvalue weighted by atomic mass is 16.5. The Morgan fingerprint density at radius 2 is 2.22 bits per heavy atom. The summed E-state index contributed by atoms with van der Waals surface area (Å²) < 4.78 is 5.66. The molecule has 0 bridgehead atoms. The van der Waals surface area contributed by atoms with Gasteiger partial charge in [-0.15, -0.1) is 0 Å². The van der Waals surface area contributed by atoms with E-state index in [0.717, 1.165) is 6.54 Å². The molecule has 2 N–H and O–H groups in total. The molecule has 0 radical (unpaired) electrons. The van der Waals surface area contributed by atoms with Crippen LogP contribution in [0.5, 0.6) is 0 Å². The van der Waals surface area contributed by atoms with Crippen molar-refractivity contribution in [1.82, 2.24) is 10.2 Å². The Morgan fingerprint density at radius 3 is 2.72 bits per heavy atom.